The number of likely N-dealkylation sites (tertiary alicyclic amines) is 1. The molecule has 0 unspecified atom stereocenters. The van der Waals surface area contributed by atoms with E-state index in [1.54, 1.807) is 16.9 Å². The number of aromatic nitrogens is 5. The minimum atomic E-state index is -0.288. The first kappa shape index (κ1) is 23.3. The second-order valence-electron chi connectivity index (χ2n) is 9.24. The molecule has 1 aliphatic heterocycles. The number of nitrogens with zero attached hydrogens (tertiary/aromatic N) is 6. The lowest BCUT2D eigenvalue weighted by Crippen LogP contribution is -2.37. The van der Waals surface area contributed by atoms with E-state index in [9.17, 15) is 4.79 Å². The minimum Gasteiger partial charge on any atom is -0.305 e. The van der Waals surface area contributed by atoms with Crippen LogP contribution in [0.4, 0.5) is 5.82 Å². The Bertz CT molecular complexity index is 1290. The lowest BCUT2D eigenvalue weighted by molar-refractivity contribution is 0.102. The first-order valence-electron chi connectivity index (χ1n) is 11.9. The summed E-state index contributed by atoms with van der Waals surface area (Å²) in [6.07, 6.45) is 5.65. The van der Waals surface area contributed by atoms with Crippen molar-refractivity contribution in [3.63, 3.8) is 0 Å². The summed E-state index contributed by atoms with van der Waals surface area (Å²) in [5.41, 5.74) is 4.00. The van der Waals surface area contributed by atoms with Gasteiger partial charge in [-0.15, -0.1) is 0 Å². The Hall–Kier alpha value is -3.43. The summed E-state index contributed by atoms with van der Waals surface area (Å²) in [7, 11) is 0. The van der Waals surface area contributed by atoms with E-state index in [0.717, 1.165) is 48.4 Å². The third-order valence-electron chi connectivity index (χ3n) is 6.47. The van der Waals surface area contributed by atoms with Crippen molar-refractivity contribution in [2.75, 3.05) is 18.4 Å². The molecule has 5 heterocycles. The van der Waals surface area contributed by atoms with Crippen LogP contribution in [0.3, 0.4) is 0 Å². The predicted octanol–water partition coefficient (Wildman–Crippen LogP) is 4.93. The molecule has 0 atom stereocenters. The van der Waals surface area contributed by atoms with E-state index < -0.39 is 0 Å². The van der Waals surface area contributed by atoms with Gasteiger partial charge >= 0.3 is 0 Å². The van der Waals surface area contributed by atoms with Gasteiger partial charge in [-0.2, -0.15) is 9.78 Å². The smallest absolute Gasteiger partial charge is 0.275 e. The predicted molar refractivity (Wildman–Crippen MR) is 138 cm³/mol. The Kier molecular flexibility index (Phi) is 6.70. The maximum Gasteiger partial charge on any atom is 0.275 e. The molecular formula is C26H29N7OS. The molecule has 1 aliphatic rings. The number of carbonyl (C=O) groups is 1. The zero-order chi connectivity index (χ0) is 24.4. The first-order chi connectivity index (χ1) is 17.0. The molecule has 180 valence electrons. The number of anilines is 1. The van der Waals surface area contributed by atoms with Gasteiger partial charge in [-0.1, -0.05) is 12.1 Å². The number of piperidine rings is 1. The van der Waals surface area contributed by atoms with Crippen LogP contribution in [0.25, 0.3) is 17.1 Å². The fourth-order valence-corrected chi connectivity index (χ4v) is 4.92. The number of rotatable bonds is 6. The van der Waals surface area contributed by atoms with Gasteiger partial charge < -0.3 is 10.2 Å². The summed E-state index contributed by atoms with van der Waals surface area (Å²) in [5.74, 6) is 1.32. The molecule has 4 aromatic rings. The number of aryl methyl sites for hydroxylation is 1. The van der Waals surface area contributed by atoms with Crippen LogP contribution in [0.2, 0.25) is 0 Å². The van der Waals surface area contributed by atoms with E-state index in [1.165, 1.54) is 11.5 Å². The fourth-order valence-electron chi connectivity index (χ4n) is 4.39. The van der Waals surface area contributed by atoms with Crippen LogP contribution in [-0.4, -0.2) is 54.1 Å². The highest BCUT2D eigenvalue weighted by Crippen LogP contribution is 2.31. The Morgan fingerprint density at radius 1 is 1.14 bits per heavy atom. The van der Waals surface area contributed by atoms with Crippen molar-refractivity contribution in [1.82, 2.24) is 29.0 Å². The van der Waals surface area contributed by atoms with E-state index in [0.29, 0.717) is 29.3 Å². The molecule has 0 bridgehead atoms. The van der Waals surface area contributed by atoms with Gasteiger partial charge in [0, 0.05) is 35.2 Å². The van der Waals surface area contributed by atoms with Gasteiger partial charge in [0.15, 0.2) is 5.82 Å². The highest BCUT2D eigenvalue weighted by Gasteiger charge is 2.26. The molecule has 4 aromatic heterocycles. The molecule has 0 saturated carbocycles. The van der Waals surface area contributed by atoms with Crippen molar-refractivity contribution in [1.29, 1.82) is 0 Å². The SMILES string of the molecule is Cc1ccc(-n2nc(C3CCN(C(C)C)CC3)cc2NC(=O)c2cccc(-c3cnsc3)n2)nc1. The molecule has 1 fully saturated rings. The van der Waals surface area contributed by atoms with Crippen LogP contribution < -0.4 is 5.32 Å². The molecule has 0 aromatic carbocycles. The molecule has 1 saturated heterocycles. The van der Waals surface area contributed by atoms with Gasteiger partial charge in [-0.3, -0.25) is 4.79 Å². The summed E-state index contributed by atoms with van der Waals surface area (Å²) >= 11 is 1.36. The molecule has 9 heteroatoms. The van der Waals surface area contributed by atoms with Crippen LogP contribution >= 0.6 is 11.5 Å². The average Bonchev–Trinajstić information content (AvgIpc) is 3.56. The number of amides is 1. The lowest BCUT2D eigenvalue weighted by Gasteiger charge is -2.33. The topological polar surface area (TPSA) is 88.8 Å². The first-order valence-corrected chi connectivity index (χ1v) is 12.8. The van der Waals surface area contributed by atoms with E-state index in [2.05, 4.69) is 38.4 Å². The lowest BCUT2D eigenvalue weighted by atomic mass is 9.93. The van der Waals surface area contributed by atoms with E-state index in [-0.39, 0.29) is 5.91 Å². The van der Waals surface area contributed by atoms with Gasteiger partial charge in [0.2, 0.25) is 0 Å². The third-order valence-corrected chi connectivity index (χ3v) is 7.06. The van der Waals surface area contributed by atoms with Crippen molar-refractivity contribution in [2.24, 2.45) is 0 Å². The maximum absolute atomic E-state index is 13.2. The van der Waals surface area contributed by atoms with E-state index in [1.807, 2.05) is 48.8 Å². The van der Waals surface area contributed by atoms with Gasteiger partial charge in [-0.05, 0) is 82.0 Å². The Morgan fingerprint density at radius 2 is 1.97 bits per heavy atom. The summed E-state index contributed by atoms with van der Waals surface area (Å²) < 4.78 is 5.86. The van der Waals surface area contributed by atoms with Crippen molar-refractivity contribution in [3.05, 3.63) is 71.1 Å². The van der Waals surface area contributed by atoms with Gasteiger partial charge in [0.1, 0.15) is 11.5 Å². The second-order valence-corrected chi connectivity index (χ2v) is 9.90. The molecule has 8 nitrogen and oxygen atoms in total. The van der Waals surface area contributed by atoms with Crippen molar-refractivity contribution in [2.45, 2.75) is 45.6 Å². The van der Waals surface area contributed by atoms with Crippen molar-refractivity contribution >= 4 is 23.3 Å². The summed E-state index contributed by atoms with van der Waals surface area (Å²) in [5, 5.41) is 9.85. The number of hydrogen-bond acceptors (Lipinski definition) is 7. The fraction of sp³-hybridized carbons (Fsp3) is 0.346. The van der Waals surface area contributed by atoms with Crippen molar-refractivity contribution < 1.29 is 4.79 Å². The molecule has 1 amide bonds. The van der Waals surface area contributed by atoms with Crippen molar-refractivity contribution in [3.8, 4) is 17.1 Å². The Balaban J connectivity index is 1.43. The van der Waals surface area contributed by atoms with Crippen LogP contribution in [0, 0.1) is 6.92 Å². The standard InChI is InChI=1S/C26H29N7OS/c1-17(2)32-11-9-19(10-12-32)23-13-25(33(31-23)24-8-7-18(3)14-27-24)30-26(34)22-6-4-5-21(29-22)20-15-28-35-16-20/h4-8,13-17,19H,9-12H2,1-3H3,(H,30,34). The quantitative estimate of drug-likeness (QED) is 0.415. The third kappa shape index (κ3) is 5.16. The van der Waals surface area contributed by atoms with Gasteiger partial charge in [-0.25, -0.2) is 14.3 Å². The molecule has 1 N–H and O–H groups in total. The maximum atomic E-state index is 13.2. The molecule has 0 radical (unpaired) electrons. The number of nitrogens with one attached hydrogen (secondary N) is 1. The largest absolute Gasteiger partial charge is 0.305 e. The second kappa shape index (κ2) is 10.1. The number of pyridine rings is 2. The highest BCUT2D eigenvalue weighted by molar-refractivity contribution is 7.03. The zero-order valence-electron chi connectivity index (χ0n) is 20.2. The van der Waals surface area contributed by atoms with E-state index >= 15 is 0 Å². The number of hydrogen-bond donors (Lipinski definition) is 1. The molecule has 0 aliphatic carbocycles. The molecule has 0 spiro atoms. The number of carbonyl (C=O) groups excluding carboxylic acids is 1. The summed E-state index contributed by atoms with van der Waals surface area (Å²) in [6, 6.07) is 11.9. The average molecular weight is 488 g/mol. The summed E-state index contributed by atoms with van der Waals surface area (Å²) in [4.78, 5) is 24.8. The van der Waals surface area contributed by atoms with Crippen LogP contribution in [0.5, 0.6) is 0 Å². The Labute approximate surface area is 209 Å². The van der Waals surface area contributed by atoms with Gasteiger partial charge in [0.05, 0.1) is 17.6 Å². The van der Waals surface area contributed by atoms with Gasteiger partial charge in [0.25, 0.3) is 5.91 Å². The molecule has 35 heavy (non-hydrogen) atoms. The zero-order valence-corrected chi connectivity index (χ0v) is 21.0. The monoisotopic (exact) mass is 487 g/mol. The normalized spacial score (nSPS) is 15.0. The minimum absolute atomic E-state index is 0.288. The molecular weight excluding hydrogens is 458 g/mol. The van der Waals surface area contributed by atoms with Crippen LogP contribution in [0.15, 0.2) is 54.2 Å². The highest BCUT2D eigenvalue weighted by atomic mass is 32.1. The summed E-state index contributed by atoms with van der Waals surface area (Å²) in [6.45, 7) is 8.58. The van der Waals surface area contributed by atoms with Crippen LogP contribution in [-0.2, 0) is 0 Å². The van der Waals surface area contributed by atoms with Crippen LogP contribution in [0.1, 0.15) is 54.4 Å². The molecule has 5 rings (SSSR count). The Morgan fingerprint density at radius 3 is 2.66 bits per heavy atom. The van der Waals surface area contributed by atoms with E-state index in [4.69, 9.17) is 5.10 Å².